The average molecular weight is 550 g/mol. The van der Waals surface area contributed by atoms with Gasteiger partial charge in [-0.3, -0.25) is 0 Å². The van der Waals surface area contributed by atoms with Crippen molar-refractivity contribution in [2.75, 3.05) is 0 Å². The second-order valence-corrected chi connectivity index (χ2v) is 8.18. The van der Waals surface area contributed by atoms with E-state index in [0.717, 1.165) is 50.1 Å². The minimum atomic E-state index is 0. The smallest absolute Gasteiger partial charge is 0.872 e. The van der Waals surface area contributed by atoms with E-state index in [0.29, 0.717) is 0 Å². The van der Waals surface area contributed by atoms with Gasteiger partial charge in [-0.05, 0) is 62.3 Å². The average Bonchev–Trinajstić information content (AvgIpc) is 2.63. The Balaban J connectivity index is 0.000000429. The Morgan fingerprint density at radius 2 is 0.484 bits per heavy atom. The number of aryl methyl sites for hydroxylation is 9. The van der Waals surface area contributed by atoms with Crippen molar-refractivity contribution in [3.05, 3.63) is 86.5 Å². The van der Waals surface area contributed by atoms with Crippen molar-refractivity contribution in [3.8, 4) is 17.2 Å². The molecule has 0 saturated heterocycles. The SMILES string of the molecule is Cc1cc(C)c([O-])c(C)c1.Cc1cc(C)c([O-])c(C)c1.Cc1cc(C)c([O-])c(C)c1.[Nd+3]. The van der Waals surface area contributed by atoms with Gasteiger partial charge in [-0.1, -0.05) is 86.5 Å². The third kappa shape index (κ3) is 9.20. The molecule has 0 unspecified atom stereocenters. The Kier molecular flexibility index (Phi) is 12.4. The van der Waals surface area contributed by atoms with Gasteiger partial charge in [-0.2, -0.15) is 0 Å². The van der Waals surface area contributed by atoms with Gasteiger partial charge in [0.2, 0.25) is 0 Å². The first kappa shape index (κ1) is 29.4. The van der Waals surface area contributed by atoms with Crippen molar-refractivity contribution in [1.82, 2.24) is 0 Å². The standard InChI is InChI=1S/3C9H12O.Nd/c3*1-6-4-7(2)9(10)8(3)5-6;/h3*4-5,10H,1-3H3;/q;;;+3/p-3. The molecule has 0 atom stereocenters. The third-order valence-corrected chi connectivity index (χ3v) is 4.81. The van der Waals surface area contributed by atoms with E-state index in [1.54, 1.807) is 0 Å². The van der Waals surface area contributed by atoms with E-state index in [2.05, 4.69) is 0 Å². The van der Waals surface area contributed by atoms with Gasteiger partial charge in [0.1, 0.15) is 0 Å². The van der Waals surface area contributed by atoms with Crippen LogP contribution in [-0.2, 0) is 0 Å². The van der Waals surface area contributed by atoms with E-state index in [9.17, 15) is 15.3 Å². The van der Waals surface area contributed by atoms with Crippen LogP contribution in [0.15, 0.2) is 36.4 Å². The van der Waals surface area contributed by atoms with Crippen molar-refractivity contribution in [3.63, 3.8) is 0 Å². The fraction of sp³-hybridized carbons (Fsp3) is 0.333. The molecule has 0 bridgehead atoms. The zero-order valence-corrected chi connectivity index (χ0v) is 23.4. The number of rotatable bonds is 0. The van der Waals surface area contributed by atoms with Crippen LogP contribution < -0.4 is 15.3 Å². The Bertz CT molecular complexity index is 822. The summed E-state index contributed by atoms with van der Waals surface area (Å²) < 4.78 is 0. The predicted molar refractivity (Wildman–Crippen MR) is 120 cm³/mol. The van der Waals surface area contributed by atoms with E-state index >= 15 is 0 Å². The van der Waals surface area contributed by atoms with E-state index in [1.807, 2.05) is 98.7 Å². The monoisotopic (exact) mass is 547 g/mol. The molecule has 0 spiro atoms. The molecule has 3 aromatic rings. The molecule has 0 aliphatic heterocycles. The molecule has 0 aromatic heterocycles. The van der Waals surface area contributed by atoms with E-state index in [1.165, 1.54) is 0 Å². The van der Waals surface area contributed by atoms with Crippen molar-refractivity contribution < 1.29 is 56.2 Å². The topological polar surface area (TPSA) is 69.2 Å². The van der Waals surface area contributed by atoms with Crippen molar-refractivity contribution >= 4 is 0 Å². The maximum atomic E-state index is 11.1. The molecule has 0 amide bonds. The fourth-order valence-electron chi connectivity index (χ4n) is 3.50. The van der Waals surface area contributed by atoms with Crippen LogP contribution in [-0.4, -0.2) is 0 Å². The summed E-state index contributed by atoms with van der Waals surface area (Å²) in [5.74, 6) is 0.516. The quantitative estimate of drug-likeness (QED) is 0.394. The van der Waals surface area contributed by atoms with Gasteiger partial charge in [0.25, 0.3) is 0 Å². The van der Waals surface area contributed by atoms with Crippen LogP contribution in [0.1, 0.15) is 50.1 Å². The van der Waals surface area contributed by atoms with Crippen LogP contribution in [0.4, 0.5) is 0 Å². The molecule has 3 nitrogen and oxygen atoms in total. The maximum absolute atomic E-state index is 11.1. The van der Waals surface area contributed by atoms with Gasteiger partial charge in [0.05, 0.1) is 0 Å². The molecule has 3 aromatic carbocycles. The van der Waals surface area contributed by atoms with Gasteiger partial charge in [0.15, 0.2) is 0 Å². The molecule has 0 fully saturated rings. The molecule has 0 heterocycles. The Morgan fingerprint density at radius 1 is 0.355 bits per heavy atom. The second kappa shape index (κ2) is 13.1. The Hall–Kier alpha value is -1.59. The molecule has 0 saturated carbocycles. The minimum Gasteiger partial charge on any atom is -0.872 e. The van der Waals surface area contributed by atoms with Crippen molar-refractivity contribution in [2.24, 2.45) is 0 Å². The molecular weight excluding hydrogens is 517 g/mol. The molecule has 4 heteroatoms. The second-order valence-electron chi connectivity index (χ2n) is 8.18. The van der Waals surface area contributed by atoms with E-state index in [4.69, 9.17) is 0 Å². The van der Waals surface area contributed by atoms with E-state index < -0.39 is 0 Å². The van der Waals surface area contributed by atoms with Gasteiger partial charge in [0, 0.05) is 0 Å². The number of hydrogen-bond donors (Lipinski definition) is 0. The van der Waals surface area contributed by atoms with Crippen molar-refractivity contribution in [1.29, 1.82) is 0 Å². The zero-order chi connectivity index (χ0) is 23.2. The molecule has 31 heavy (non-hydrogen) atoms. The first-order chi connectivity index (χ1) is 13.8. The van der Waals surface area contributed by atoms with Gasteiger partial charge >= 0.3 is 40.8 Å². The summed E-state index contributed by atoms with van der Waals surface area (Å²) in [6.45, 7) is 17.1. The summed E-state index contributed by atoms with van der Waals surface area (Å²) in [5, 5.41) is 33.4. The van der Waals surface area contributed by atoms with E-state index in [-0.39, 0.29) is 58.1 Å². The molecule has 0 aliphatic carbocycles. The van der Waals surface area contributed by atoms with Crippen LogP contribution in [0.5, 0.6) is 17.2 Å². The number of hydrogen-bond acceptors (Lipinski definition) is 3. The van der Waals surface area contributed by atoms with Crippen LogP contribution in [0, 0.1) is 103 Å². The minimum absolute atomic E-state index is 0. The van der Waals surface area contributed by atoms with Crippen molar-refractivity contribution in [2.45, 2.75) is 62.3 Å². The molecule has 163 valence electrons. The molecular formula is C27H33NdO3. The summed E-state index contributed by atoms with van der Waals surface area (Å²) in [4.78, 5) is 0. The molecule has 0 N–H and O–H groups in total. The van der Waals surface area contributed by atoms with Gasteiger partial charge in [-0.25, -0.2) is 0 Å². The number of benzene rings is 3. The largest absolute Gasteiger partial charge is 3.00 e. The molecule has 3 rings (SSSR count). The summed E-state index contributed by atoms with van der Waals surface area (Å²) >= 11 is 0. The van der Waals surface area contributed by atoms with Crippen LogP contribution in [0.3, 0.4) is 0 Å². The predicted octanol–water partition coefficient (Wildman–Crippen LogP) is 5.06. The summed E-state index contributed by atoms with van der Waals surface area (Å²) in [5.41, 5.74) is 8.55. The summed E-state index contributed by atoms with van der Waals surface area (Å²) in [6, 6.07) is 11.5. The third-order valence-electron chi connectivity index (χ3n) is 4.81. The zero-order valence-electron chi connectivity index (χ0n) is 20.2. The molecule has 0 aliphatic rings. The van der Waals surface area contributed by atoms with Gasteiger partial charge in [-0.15, -0.1) is 17.2 Å². The fourth-order valence-corrected chi connectivity index (χ4v) is 3.50. The van der Waals surface area contributed by atoms with Crippen LogP contribution >= 0.6 is 0 Å². The maximum Gasteiger partial charge on any atom is 3.00 e. The first-order valence-electron chi connectivity index (χ1n) is 10.1. The summed E-state index contributed by atoms with van der Waals surface area (Å²) in [7, 11) is 0. The first-order valence-corrected chi connectivity index (χ1v) is 10.1. The van der Waals surface area contributed by atoms with Crippen LogP contribution in [0.25, 0.3) is 0 Å². The molecule has 1 radical (unpaired) electrons. The summed E-state index contributed by atoms with van der Waals surface area (Å²) in [6.07, 6.45) is 0. The Labute approximate surface area is 220 Å². The van der Waals surface area contributed by atoms with Gasteiger partial charge < -0.3 is 15.3 Å². The Morgan fingerprint density at radius 3 is 0.613 bits per heavy atom. The normalized spacial score (nSPS) is 9.58. The van der Waals surface area contributed by atoms with Crippen LogP contribution in [0.2, 0.25) is 0 Å².